The Morgan fingerprint density at radius 2 is 2.06 bits per heavy atom. The lowest BCUT2D eigenvalue weighted by atomic mass is 9.86. The molecule has 8 heteroatoms. The Balaban J connectivity index is 1.23. The fourth-order valence-corrected chi connectivity index (χ4v) is 6.19. The van der Waals surface area contributed by atoms with Crippen LogP contribution in [0.5, 0.6) is 0 Å². The summed E-state index contributed by atoms with van der Waals surface area (Å²) in [5, 5.41) is 14.5. The van der Waals surface area contributed by atoms with Crippen LogP contribution in [0.2, 0.25) is 0 Å². The van der Waals surface area contributed by atoms with E-state index in [2.05, 4.69) is 49.0 Å². The lowest BCUT2D eigenvalue weighted by molar-refractivity contribution is -0.121. The Labute approximate surface area is 184 Å². The molecule has 2 aromatic heterocycles. The van der Waals surface area contributed by atoms with Gasteiger partial charge in [-0.15, -0.1) is 0 Å². The number of aromatic amines is 1. The van der Waals surface area contributed by atoms with Gasteiger partial charge in [-0.25, -0.2) is 9.97 Å². The Morgan fingerprint density at radius 3 is 3.00 bits per heavy atom. The molecule has 3 aliphatic rings. The number of aromatic nitrogens is 4. The van der Waals surface area contributed by atoms with E-state index in [0.717, 1.165) is 54.4 Å². The molecule has 0 saturated heterocycles. The largest absolute Gasteiger partial charge is 0.368 e. The molecule has 1 aliphatic heterocycles. The highest BCUT2D eigenvalue weighted by atomic mass is 32.2. The second kappa shape index (κ2) is 7.67. The highest BCUT2D eigenvalue weighted by Crippen LogP contribution is 2.40. The number of thioether (sulfide) groups is 1. The molecule has 0 spiro atoms. The Bertz CT molecular complexity index is 1180. The number of H-pyrrole nitrogens is 1. The van der Waals surface area contributed by atoms with Gasteiger partial charge in [-0.3, -0.25) is 9.89 Å². The van der Waals surface area contributed by atoms with Crippen LogP contribution in [0.1, 0.15) is 55.7 Å². The molecule has 2 aliphatic carbocycles. The molecule has 2 atom stereocenters. The van der Waals surface area contributed by atoms with Gasteiger partial charge in [-0.2, -0.15) is 5.10 Å². The summed E-state index contributed by atoms with van der Waals surface area (Å²) in [7, 11) is 0. The third kappa shape index (κ3) is 3.39. The molecule has 7 nitrogen and oxygen atoms in total. The average molecular weight is 433 g/mol. The minimum atomic E-state index is -0.192. The van der Waals surface area contributed by atoms with Gasteiger partial charge >= 0.3 is 0 Å². The Morgan fingerprint density at radius 1 is 1.13 bits per heavy atom. The van der Waals surface area contributed by atoms with E-state index in [-0.39, 0.29) is 17.3 Å². The van der Waals surface area contributed by atoms with Gasteiger partial charge in [-0.05, 0) is 62.1 Å². The predicted molar refractivity (Wildman–Crippen MR) is 121 cm³/mol. The summed E-state index contributed by atoms with van der Waals surface area (Å²) in [5.41, 5.74) is 6.49. The normalized spacial score (nSPS) is 22.7. The number of nitrogens with one attached hydrogen (secondary N) is 3. The summed E-state index contributed by atoms with van der Waals surface area (Å²) in [5.74, 6) is 0.0947. The van der Waals surface area contributed by atoms with Crippen molar-refractivity contribution in [2.75, 3.05) is 0 Å². The summed E-state index contributed by atoms with van der Waals surface area (Å²) < 4.78 is 0. The van der Waals surface area contributed by atoms with Crippen molar-refractivity contribution in [3.63, 3.8) is 0 Å². The molecule has 0 saturated carbocycles. The maximum atomic E-state index is 13.0. The van der Waals surface area contributed by atoms with Crippen LogP contribution >= 0.6 is 11.8 Å². The number of allylic oxidation sites excluding steroid dienone is 2. The predicted octanol–water partition coefficient (Wildman–Crippen LogP) is 3.96. The van der Waals surface area contributed by atoms with Gasteiger partial charge in [0.1, 0.15) is 6.33 Å². The van der Waals surface area contributed by atoms with E-state index in [9.17, 15) is 4.79 Å². The molecule has 158 valence electrons. The molecule has 0 radical (unpaired) electrons. The molecule has 1 amide bonds. The second-order valence-electron chi connectivity index (χ2n) is 8.47. The number of aryl methyl sites for hydroxylation is 1. The summed E-state index contributed by atoms with van der Waals surface area (Å²) >= 11 is 1.71. The zero-order valence-corrected chi connectivity index (χ0v) is 18.0. The molecule has 3 aromatic rings. The number of fused-ring (bicyclic) bond motifs is 2. The first-order chi connectivity index (χ1) is 15.3. The molecular formula is C23H24N6OS. The van der Waals surface area contributed by atoms with Gasteiger partial charge in [0.2, 0.25) is 0 Å². The molecule has 0 bridgehead atoms. The zero-order valence-electron chi connectivity index (χ0n) is 17.1. The van der Waals surface area contributed by atoms with E-state index >= 15 is 0 Å². The van der Waals surface area contributed by atoms with Gasteiger partial charge in [0.15, 0.2) is 11.0 Å². The SMILES string of the molecule is O=C(NC1CCCc2cc(-c3ncnc4[nH]ncc34)ccc21)C1NC2=C(CCCC2)S1. The average Bonchev–Trinajstić information content (AvgIpc) is 3.46. The minimum absolute atomic E-state index is 0.0599. The van der Waals surface area contributed by atoms with Crippen LogP contribution in [0.25, 0.3) is 22.3 Å². The van der Waals surface area contributed by atoms with Crippen molar-refractivity contribution in [2.24, 2.45) is 0 Å². The van der Waals surface area contributed by atoms with Crippen LogP contribution in [-0.2, 0) is 11.2 Å². The smallest absolute Gasteiger partial charge is 0.253 e. The van der Waals surface area contributed by atoms with Crippen LogP contribution in [0.4, 0.5) is 0 Å². The first-order valence-corrected chi connectivity index (χ1v) is 11.9. The lowest BCUT2D eigenvalue weighted by Crippen LogP contribution is -2.41. The van der Waals surface area contributed by atoms with Crippen molar-refractivity contribution in [3.05, 3.63) is 52.5 Å². The number of carbonyl (C=O) groups is 1. The third-order valence-corrected chi connectivity index (χ3v) is 7.82. The Hall–Kier alpha value is -2.87. The molecular weight excluding hydrogens is 408 g/mol. The molecule has 1 aromatic carbocycles. The Kier molecular flexibility index (Phi) is 4.67. The first kappa shape index (κ1) is 18.9. The van der Waals surface area contributed by atoms with Crippen LogP contribution in [0, 0.1) is 0 Å². The maximum Gasteiger partial charge on any atom is 0.253 e. The van der Waals surface area contributed by atoms with Crippen molar-refractivity contribution < 1.29 is 4.79 Å². The van der Waals surface area contributed by atoms with Crippen LogP contribution < -0.4 is 10.6 Å². The molecule has 3 heterocycles. The number of rotatable bonds is 3. The number of carbonyl (C=O) groups excluding carboxylic acids is 1. The van der Waals surface area contributed by atoms with Crippen LogP contribution in [0.3, 0.4) is 0 Å². The van der Waals surface area contributed by atoms with Gasteiger partial charge in [0.05, 0.1) is 23.3 Å². The van der Waals surface area contributed by atoms with Crippen molar-refractivity contribution in [1.29, 1.82) is 0 Å². The standard InChI is InChI=1S/C23H24N6OS/c30-22(23-28-18-5-1-2-7-19(18)31-23)27-17-6-3-4-13-10-14(8-9-15(13)17)20-16-11-26-29-21(16)25-12-24-20/h8-12,17,23,28H,1-7H2,(H,27,30)(H,24,25,26,29). The molecule has 2 unspecified atom stereocenters. The van der Waals surface area contributed by atoms with E-state index < -0.39 is 0 Å². The number of amides is 1. The van der Waals surface area contributed by atoms with Gasteiger partial charge < -0.3 is 10.6 Å². The fourth-order valence-electron chi connectivity index (χ4n) is 4.96. The number of benzene rings is 1. The maximum absolute atomic E-state index is 13.0. The first-order valence-electron chi connectivity index (χ1n) is 11.0. The van der Waals surface area contributed by atoms with E-state index in [1.807, 2.05) is 0 Å². The van der Waals surface area contributed by atoms with Gasteiger partial charge in [0.25, 0.3) is 5.91 Å². The van der Waals surface area contributed by atoms with Crippen molar-refractivity contribution in [2.45, 2.75) is 56.4 Å². The topological polar surface area (TPSA) is 95.6 Å². The molecule has 0 fully saturated rings. The number of hydrogen-bond acceptors (Lipinski definition) is 6. The van der Waals surface area contributed by atoms with Crippen molar-refractivity contribution in [1.82, 2.24) is 30.8 Å². The van der Waals surface area contributed by atoms with E-state index in [1.165, 1.54) is 34.6 Å². The van der Waals surface area contributed by atoms with Crippen molar-refractivity contribution in [3.8, 4) is 11.3 Å². The highest BCUT2D eigenvalue weighted by molar-refractivity contribution is 8.04. The number of hydrogen-bond donors (Lipinski definition) is 3. The van der Waals surface area contributed by atoms with Crippen molar-refractivity contribution >= 4 is 28.7 Å². The van der Waals surface area contributed by atoms with E-state index in [1.54, 1.807) is 24.3 Å². The minimum Gasteiger partial charge on any atom is -0.368 e. The van der Waals surface area contributed by atoms with Crippen LogP contribution in [0.15, 0.2) is 41.3 Å². The third-order valence-electron chi connectivity index (χ3n) is 6.52. The number of nitrogens with zero attached hydrogens (tertiary/aromatic N) is 3. The summed E-state index contributed by atoms with van der Waals surface area (Å²) in [6.07, 6.45) is 11.0. The lowest BCUT2D eigenvalue weighted by Gasteiger charge is -2.28. The van der Waals surface area contributed by atoms with E-state index in [4.69, 9.17) is 0 Å². The molecule has 6 rings (SSSR count). The monoisotopic (exact) mass is 432 g/mol. The zero-order chi connectivity index (χ0) is 20.8. The molecule has 31 heavy (non-hydrogen) atoms. The fraction of sp³-hybridized carbons (Fsp3) is 0.391. The summed E-state index contributed by atoms with van der Waals surface area (Å²) in [4.78, 5) is 23.1. The highest BCUT2D eigenvalue weighted by Gasteiger charge is 2.33. The molecule has 3 N–H and O–H groups in total. The van der Waals surface area contributed by atoms with Crippen LogP contribution in [-0.4, -0.2) is 31.4 Å². The summed E-state index contributed by atoms with van der Waals surface area (Å²) in [6, 6.07) is 6.53. The van der Waals surface area contributed by atoms with Gasteiger partial charge in [-0.1, -0.05) is 23.9 Å². The second-order valence-corrected chi connectivity index (χ2v) is 9.67. The quantitative estimate of drug-likeness (QED) is 0.580. The van der Waals surface area contributed by atoms with E-state index in [0.29, 0.717) is 0 Å². The van der Waals surface area contributed by atoms with Gasteiger partial charge in [0, 0.05) is 16.2 Å². The summed E-state index contributed by atoms with van der Waals surface area (Å²) in [6.45, 7) is 0.